The lowest BCUT2D eigenvalue weighted by atomic mass is 9.84. The largest absolute Gasteiger partial charge is 0.507 e. The van der Waals surface area contributed by atoms with Crippen molar-refractivity contribution in [3.63, 3.8) is 0 Å². The number of fused-ring (bicyclic) bond motifs is 1. The third-order valence-corrected chi connectivity index (χ3v) is 13.3. The van der Waals surface area contributed by atoms with Crippen LogP contribution in [0.15, 0.2) is 69.9 Å². The molecule has 364 valence electrons. The van der Waals surface area contributed by atoms with Crippen LogP contribution in [0.25, 0.3) is 22.3 Å². The van der Waals surface area contributed by atoms with Crippen molar-refractivity contribution in [2.24, 2.45) is 0 Å². The number of likely N-dealkylation sites (N-methyl/N-ethyl adjacent to an activating group) is 3. The number of hydrogen-bond donors (Lipinski definition) is 4. The molecule has 16 heteroatoms. The van der Waals surface area contributed by atoms with E-state index in [9.17, 15) is 30.0 Å². The van der Waals surface area contributed by atoms with Gasteiger partial charge in [0.15, 0.2) is 11.2 Å². The number of rotatable bonds is 8. The molecule has 5 atom stereocenters. The predicted octanol–water partition coefficient (Wildman–Crippen LogP) is 7.72. The Kier molecular flexibility index (Phi) is 18.8. The first kappa shape index (κ1) is 53.3. The fraction of sp³-hybridized carbons (Fsp3) is 0.451. The molecule has 0 bridgehead atoms. The Morgan fingerprint density at radius 2 is 1.18 bits per heavy atom. The second-order valence-electron chi connectivity index (χ2n) is 17.6. The van der Waals surface area contributed by atoms with E-state index in [2.05, 4.69) is 9.80 Å². The molecule has 0 spiro atoms. The Bertz CT molecular complexity index is 2570. The fourth-order valence-electron chi connectivity index (χ4n) is 9.56. The molecule has 5 aromatic rings. The number of likely N-dealkylation sites (tertiary alicyclic amines) is 3. The maximum absolute atomic E-state index is 12.8. The summed E-state index contributed by atoms with van der Waals surface area (Å²) in [5, 5.41) is 42.1. The summed E-state index contributed by atoms with van der Waals surface area (Å²) in [6, 6.07) is 17.1. The highest BCUT2D eigenvalue weighted by Gasteiger charge is 2.34. The minimum atomic E-state index is -0.744. The number of hydrogen-bond acceptors (Lipinski definition) is 14. The van der Waals surface area contributed by atoms with Gasteiger partial charge in [0.1, 0.15) is 51.2 Å². The molecular weight excluding hydrogens is 993 g/mol. The Labute approximate surface area is 415 Å². The monoisotopic (exact) mass is 1060 g/mol. The minimum absolute atomic E-state index is 0. The van der Waals surface area contributed by atoms with Crippen molar-refractivity contribution in [1.29, 1.82) is 0 Å². The first-order valence-corrected chi connectivity index (χ1v) is 22.5. The van der Waals surface area contributed by atoms with Gasteiger partial charge in [-0.25, -0.2) is 0 Å². The quantitative estimate of drug-likeness (QED) is 0.111. The Morgan fingerprint density at radius 1 is 0.657 bits per heavy atom. The number of phenolic OH excluding ortho intramolecular Hbond substituents is 2. The average molecular weight is 1060 g/mol. The lowest BCUT2D eigenvalue weighted by Gasteiger charge is -2.35. The number of β-amino-alcohol motifs (C(OH)–C–C–N with tert-alkyl or cyclic N) is 2. The van der Waals surface area contributed by atoms with E-state index in [1.54, 1.807) is 52.7 Å². The fourth-order valence-corrected chi connectivity index (χ4v) is 9.79. The second-order valence-corrected chi connectivity index (χ2v) is 18.0. The zero-order valence-electron chi connectivity index (χ0n) is 39.8. The van der Waals surface area contributed by atoms with Gasteiger partial charge in [0.2, 0.25) is 0 Å². The summed E-state index contributed by atoms with van der Waals surface area (Å²) in [5.74, 6) is 2.69. The summed E-state index contributed by atoms with van der Waals surface area (Å²) < 4.78 is 27.5. The number of Topliss-reactive ketones (excluding diaryl/α,β-unsaturated/α-hetero) is 1. The van der Waals surface area contributed by atoms with Gasteiger partial charge in [-0.3, -0.25) is 14.5 Å². The van der Waals surface area contributed by atoms with Crippen molar-refractivity contribution in [1.82, 2.24) is 14.7 Å². The van der Waals surface area contributed by atoms with Gasteiger partial charge in [0.05, 0.1) is 52.2 Å². The lowest BCUT2D eigenvalue weighted by molar-refractivity contribution is -0.123. The Balaban J connectivity index is 0.000000193. The number of aromatic hydroxyl groups is 2. The molecule has 14 nitrogen and oxygen atoms in total. The van der Waals surface area contributed by atoms with Crippen LogP contribution in [-0.4, -0.2) is 142 Å². The van der Waals surface area contributed by atoms with E-state index in [4.69, 9.17) is 35.0 Å². The van der Waals surface area contributed by atoms with Gasteiger partial charge in [0.25, 0.3) is 0 Å². The van der Waals surface area contributed by atoms with Gasteiger partial charge in [-0.1, -0.05) is 23.7 Å². The molecule has 4 heterocycles. The van der Waals surface area contributed by atoms with Crippen LogP contribution in [0.5, 0.6) is 34.5 Å². The number of aliphatic hydroxyl groups is 2. The smallest absolute Gasteiger partial charge is 0.197 e. The summed E-state index contributed by atoms with van der Waals surface area (Å²) in [6.07, 6.45) is 1.27. The number of aryl methyl sites for hydroxylation is 2. The number of carbonyl (C=O) groups is 1. The Hall–Kier alpha value is -4.62. The molecule has 4 N–H and O–H groups in total. The van der Waals surface area contributed by atoms with Crippen molar-refractivity contribution < 1.29 is 48.6 Å². The standard InChI is InChI=1S/C21H20ClNO5.C15H23NO3.C15H21NO3.HI/c1-23-7-6-12(17(27)10-23)19-14(24)8-15(25)20-16(26)9-18(28-21(19)20)11-4-2-3-5-13(11)22;2*1-10-7-11(18-3)8-14(19-4)15(10)12-5-6-16(2)9-13(12)17;/h2-5,8-9,12,17,24-25,27H,6-7,10H2,1H3;7-8,12-13,17H,5-6,9H2,1-4H3;7-8,12H,5-6,9H2,1-4H3;1H/t12-,17+;12-,13+;12-;/m000./s1. The van der Waals surface area contributed by atoms with E-state index in [1.165, 1.54) is 6.07 Å². The van der Waals surface area contributed by atoms with Gasteiger partial charge in [-0.2, -0.15) is 0 Å². The number of halogens is 2. The molecule has 0 aliphatic carbocycles. The molecule has 3 aliphatic rings. The number of benzene rings is 4. The topological polar surface area (TPSA) is 175 Å². The SMILES string of the molecule is CN1CC[C@H](c2c(O)cc(O)c3c(=O)cc(-c4ccccc4Cl)oc23)[C@H](O)C1.COc1cc(C)c([C@H]2CCN(C)CC2=O)c(OC)c1.COc1cc(C)c([C@H]2CCN(C)C[C@H]2O)c(OC)c1.I. The highest BCUT2D eigenvalue weighted by Crippen LogP contribution is 2.44. The van der Waals surface area contributed by atoms with Gasteiger partial charge in [-0.15, -0.1) is 24.0 Å². The number of ether oxygens (including phenoxy) is 4. The number of aliphatic hydroxyl groups excluding tert-OH is 2. The maximum atomic E-state index is 12.8. The predicted molar refractivity (Wildman–Crippen MR) is 272 cm³/mol. The van der Waals surface area contributed by atoms with Gasteiger partial charge < -0.3 is 53.6 Å². The van der Waals surface area contributed by atoms with Crippen LogP contribution < -0.4 is 24.4 Å². The van der Waals surface area contributed by atoms with E-state index in [0.29, 0.717) is 42.2 Å². The molecule has 3 saturated heterocycles. The van der Waals surface area contributed by atoms with Gasteiger partial charge >= 0.3 is 0 Å². The van der Waals surface area contributed by atoms with Crippen molar-refractivity contribution in [2.75, 3.05) is 88.9 Å². The lowest BCUT2D eigenvalue weighted by Crippen LogP contribution is -2.40. The molecular formula is C51H65ClIN3O11. The molecule has 8 rings (SSSR count). The third-order valence-electron chi connectivity index (χ3n) is 13.0. The first-order valence-electron chi connectivity index (χ1n) is 22.2. The molecule has 3 fully saturated rings. The summed E-state index contributed by atoms with van der Waals surface area (Å²) in [4.78, 5) is 31.2. The zero-order chi connectivity index (χ0) is 48.0. The molecule has 3 aliphatic heterocycles. The number of ketones is 1. The second kappa shape index (κ2) is 23.6. The van der Waals surface area contributed by atoms with Crippen LogP contribution in [0.3, 0.4) is 0 Å². The number of nitrogens with zero attached hydrogens (tertiary/aromatic N) is 3. The number of phenols is 2. The van der Waals surface area contributed by atoms with E-state index >= 15 is 0 Å². The van der Waals surface area contributed by atoms with Crippen molar-refractivity contribution in [2.45, 2.75) is 63.1 Å². The highest BCUT2D eigenvalue weighted by atomic mass is 127. The molecule has 0 radical (unpaired) electrons. The molecule has 4 aromatic carbocycles. The molecule has 0 amide bonds. The minimum Gasteiger partial charge on any atom is -0.507 e. The van der Waals surface area contributed by atoms with Crippen LogP contribution >= 0.6 is 35.6 Å². The van der Waals surface area contributed by atoms with Crippen molar-refractivity contribution >= 4 is 52.3 Å². The van der Waals surface area contributed by atoms with Gasteiger partial charge in [-0.05, 0) is 109 Å². The Morgan fingerprint density at radius 3 is 1.70 bits per heavy atom. The summed E-state index contributed by atoms with van der Waals surface area (Å²) in [5.41, 5.74) is 4.79. The summed E-state index contributed by atoms with van der Waals surface area (Å²) >= 11 is 6.25. The van der Waals surface area contributed by atoms with E-state index < -0.39 is 17.5 Å². The summed E-state index contributed by atoms with van der Waals surface area (Å²) in [7, 11) is 12.5. The number of carbonyl (C=O) groups excluding carboxylic acids is 1. The van der Waals surface area contributed by atoms with Crippen LogP contribution in [0.4, 0.5) is 0 Å². The number of piperidine rings is 3. The van der Waals surface area contributed by atoms with Crippen LogP contribution in [-0.2, 0) is 4.79 Å². The molecule has 0 saturated carbocycles. The van der Waals surface area contributed by atoms with Crippen molar-refractivity contribution in [3.8, 4) is 45.8 Å². The molecule has 1 aromatic heterocycles. The summed E-state index contributed by atoms with van der Waals surface area (Å²) in [6.45, 7) is 8.36. The van der Waals surface area contributed by atoms with E-state index in [1.807, 2.05) is 64.2 Å². The molecule has 67 heavy (non-hydrogen) atoms. The average Bonchev–Trinajstić information content (AvgIpc) is 3.27. The third kappa shape index (κ3) is 12.2. The van der Waals surface area contributed by atoms with Crippen LogP contribution in [0.1, 0.15) is 64.8 Å². The van der Waals surface area contributed by atoms with Crippen LogP contribution in [0.2, 0.25) is 5.02 Å². The number of methoxy groups -OCH3 is 4. The first-order chi connectivity index (χ1) is 31.5. The zero-order valence-corrected chi connectivity index (χ0v) is 42.9. The normalized spacial score (nSPS) is 21.3. The van der Waals surface area contributed by atoms with E-state index in [0.717, 1.165) is 83.8 Å². The van der Waals surface area contributed by atoms with E-state index in [-0.39, 0.29) is 75.9 Å². The van der Waals surface area contributed by atoms with Crippen molar-refractivity contribution in [3.05, 3.63) is 104 Å². The highest BCUT2D eigenvalue weighted by molar-refractivity contribution is 14.0. The molecule has 0 unspecified atom stereocenters. The maximum Gasteiger partial charge on any atom is 0.197 e. The van der Waals surface area contributed by atoms with Crippen LogP contribution in [0, 0.1) is 13.8 Å². The van der Waals surface area contributed by atoms with Gasteiger partial charge in [0, 0.05) is 77.4 Å².